The van der Waals surface area contributed by atoms with E-state index in [-0.39, 0.29) is 6.04 Å². The van der Waals surface area contributed by atoms with E-state index >= 15 is 0 Å². The first-order valence-corrected chi connectivity index (χ1v) is 7.28. The van der Waals surface area contributed by atoms with Crippen molar-refractivity contribution in [3.05, 3.63) is 36.9 Å². The third kappa shape index (κ3) is 3.11. The number of nitrogens with zero attached hydrogens (tertiary/aromatic N) is 1. The van der Waals surface area contributed by atoms with Gasteiger partial charge in [0.25, 0.3) is 0 Å². The Labute approximate surface area is 109 Å². The highest BCUT2D eigenvalue weighted by molar-refractivity contribution is 7.89. The maximum absolute atomic E-state index is 12.4. The minimum atomic E-state index is -3.45. The molecule has 1 aromatic rings. The Balaban J connectivity index is 3.13. The van der Waals surface area contributed by atoms with Gasteiger partial charge in [-0.25, -0.2) is 8.42 Å². The average Bonchev–Trinajstić information content (AvgIpc) is 2.35. The summed E-state index contributed by atoms with van der Waals surface area (Å²) in [5, 5.41) is 2.96. The van der Waals surface area contributed by atoms with E-state index in [1.54, 1.807) is 37.4 Å². The van der Waals surface area contributed by atoms with Crippen LogP contribution in [0.25, 0.3) is 0 Å². The number of sulfonamides is 1. The Hall–Kier alpha value is -1.33. The molecule has 5 heteroatoms. The van der Waals surface area contributed by atoms with Gasteiger partial charge < -0.3 is 5.32 Å². The van der Waals surface area contributed by atoms with Gasteiger partial charge in [0.15, 0.2) is 0 Å². The van der Waals surface area contributed by atoms with Crippen molar-refractivity contribution in [2.45, 2.75) is 24.8 Å². The molecule has 0 heterocycles. The normalized spacial score (nSPS) is 11.8. The molecule has 0 aliphatic carbocycles. The van der Waals surface area contributed by atoms with Crippen molar-refractivity contribution in [1.82, 2.24) is 4.31 Å². The summed E-state index contributed by atoms with van der Waals surface area (Å²) in [7, 11) is -1.66. The van der Waals surface area contributed by atoms with Crippen LogP contribution in [-0.2, 0) is 10.0 Å². The second kappa shape index (κ2) is 6.02. The summed E-state index contributed by atoms with van der Waals surface area (Å²) in [6.07, 6.45) is 1.60. The molecule has 0 radical (unpaired) electrons. The van der Waals surface area contributed by atoms with Gasteiger partial charge in [-0.1, -0.05) is 6.08 Å². The molecule has 0 aliphatic rings. The van der Waals surface area contributed by atoms with E-state index in [0.29, 0.717) is 11.4 Å². The first-order valence-electron chi connectivity index (χ1n) is 5.84. The van der Waals surface area contributed by atoms with Gasteiger partial charge in [-0.15, -0.1) is 6.58 Å². The topological polar surface area (TPSA) is 49.4 Å². The van der Waals surface area contributed by atoms with Gasteiger partial charge in [-0.05, 0) is 38.1 Å². The maximum Gasteiger partial charge on any atom is 0.243 e. The number of hydrogen-bond donors (Lipinski definition) is 1. The summed E-state index contributed by atoms with van der Waals surface area (Å²) < 4.78 is 26.3. The predicted octanol–water partition coefficient (Wildman–Crippen LogP) is 2.31. The largest absolute Gasteiger partial charge is 0.388 e. The van der Waals surface area contributed by atoms with E-state index in [9.17, 15) is 8.42 Å². The zero-order valence-corrected chi connectivity index (χ0v) is 11.9. The highest BCUT2D eigenvalue weighted by atomic mass is 32.2. The van der Waals surface area contributed by atoms with Crippen LogP contribution in [-0.4, -0.2) is 32.4 Å². The second-order valence-electron chi connectivity index (χ2n) is 4.23. The fourth-order valence-electron chi connectivity index (χ4n) is 1.64. The zero-order valence-electron chi connectivity index (χ0n) is 11.1. The Bertz CT molecular complexity index is 492. The molecule has 100 valence electrons. The second-order valence-corrected chi connectivity index (χ2v) is 6.12. The summed E-state index contributed by atoms with van der Waals surface area (Å²) in [5.41, 5.74) is 0.883. The molecule has 18 heavy (non-hydrogen) atoms. The summed E-state index contributed by atoms with van der Waals surface area (Å²) in [6.45, 7) is 7.62. The molecule has 0 saturated carbocycles. The fraction of sp³-hybridized carbons (Fsp3) is 0.385. The van der Waals surface area contributed by atoms with Crippen molar-refractivity contribution in [2.24, 2.45) is 0 Å². The molecule has 0 aromatic heterocycles. The van der Waals surface area contributed by atoms with Crippen LogP contribution >= 0.6 is 0 Å². The van der Waals surface area contributed by atoms with E-state index in [1.165, 1.54) is 4.31 Å². The lowest BCUT2D eigenvalue weighted by Crippen LogP contribution is -2.36. The van der Waals surface area contributed by atoms with Crippen molar-refractivity contribution < 1.29 is 8.42 Å². The van der Waals surface area contributed by atoms with Gasteiger partial charge in [-0.3, -0.25) is 0 Å². The maximum atomic E-state index is 12.4. The van der Waals surface area contributed by atoms with E-state index in [0.717, 1.165) is 5.69 Å². The minimum absolute atomic E-state index is 0.100. The smallest absolute Gasteiger partial charge is 0.243 e. The quantitative estimate of drug-likeness (QED) is 0.805. The SMILES string of the molecule is C=CCN(C(C)C)S(=O)(=O)c1ccc(NC)cc1. The molecule has 0 saturated heterocycles. The van der Waals surface area contributed by atoms with E-state index in [2.05, 4.69) is 11.9 Å². The molecule has 0 bridgehead atoms. The van der Waals surface area contributed by atoms with Crippen molar-refractivity contribution in [1.29, 1.82) is 0 Å². The molecule has 0 amide bonds. The van der Waals surface area contributed by atoms with E-state index in [1.807, 2.05) is 13.8 Å². The number of benzene rings is 1. The Morgan fingerprint density at radius 3 is 2.28 bits per heavy atom. The molecule has 0 spiro atoms. The highest BCUT2D eigenvalue weighted by Crippen LogP contribution is 2.20. The average molecular weight is 268 g/mol. The van der Waals surface area contributed by atoms with Crippen molar-refractivity contribution in [2.75, 3.05) is 18.9 Å². The first-order chi connectivity index (χ1) is 8.43. The van der Waals surface area contributed by atoms with Gasteiger partial charge in [0.05, 0.1) is 4.90 Å². The molecule has 1 aromatic carbocycles. The Morgan fingerprint density at radius 2 is 1.89 bits per heavy atom. The van der Waals surface area contributed by atoms with E-state index < -0.39 is 10.0 Å². The highest BCUT2D eigenvalue weighted by Gasteiger charge is 2.25. The van der Waals surface area contributed by atoms with Crippen molar-refractivity contribution in [3.63, 3.8) is 0 Å². The van der Waals surface area contributed by atoms with Gasteiger partial charge in [0, 0.05) is 25.3 Å². The van der Waals surface area contributed by atoms with Gasteiger partial charge in [0.2, 0.25) is 10.0 Å². The summed E-state index contributed by atoms with van der Waals surface area (Å²) >= 11 is 0. The fourth-order valence-corrected chi connectivity index (χ4v) is 3.25. The predicted molar refractivity (Wildman–Crippen MR) is 75.2 cm³/mol. The molecule has 0 aliphatic heterocycles. The molecule has 0 fully saturated rings. The first kappa shape index (κ1) is 14.7. The zero-order chi connectivity index (χ0) is 13.8. The summed E-state index contributed by atoms with van der Waals surface area (Å²) in [6, 6.07) is 6.62. The van der Waals surface area contributed by atoms with Crippen LogP contribution in [0, 0.1) is 0 Å². The molecule has 0 atom stereocenters. The number of rotatable bonds is 6. The Morgan fingerprint density at radius 1 is 1.33 bits per heavy atom. The van der Waals surface area contributed by atoms with Crippen molar-refractivity contribution in [3.8, 4) is 0 Å². The Kier molecular flexibility index (Phi) is 4.93. The number of nitrogens with one attached hydrogen (secondary N) is 1. The van der Waals surface area contributed by atoms with Crippen LogP contribution in [0.15, 0.2) is 41.8 Å². The van der Waals surface area contributed by atoms with Gasteiger partial charge >= 0.3 is 0 Å². The van der Waals surface area contributed by atoms with E-state index in [4.69, 9.17) is 0 Å². The lowest BCUT2D eigenvalue weighted by molar-refractivity contribution is 0.383. The standard InChI is InChI=1S/C13H20N2O2S/c1-5-10-15(11(2)3)18(16,17)13-8-6-12(14-4)7-9-13/h5-9,11,14H,1,10H2,2-4H3. The van der Waals surface area contributed by atoms with Gasteiger partial charge in [-0.2, -0.15) is 4.31 Å². The third-order valence-corrected chi connectivity index (χ3v) is 4.69. The number of hydrogen-bond acceptors (Lipinski definition) is 3. The summed E-state index contributed by atoms with van der Waals surface area (Å²) in [5.74, 6) is 0. The third-order valence-electron chi connectivity index (χ3n) is 2.63. The molecular weight excluding hydrogens is 248 g/mol. The minimum Gasteiger partial charge on any atom is -0.388 e. The monoisotopic (exact) mass is 268 g/mol. The number of anilines is 1. The van der Waals surface area contributed by atoms with Crippen LogP contribution in [0.4, 0.5) is 5.69 Å². The molecule has 4 nitrogen and oxygen atoms in total. The van der Waals surface area contributed by atoms with Gasteiger partial charge in [0.1, 0.15) is 0 Å². The summed E-state index contributed by atoms with van der Waals surface area (Å²) in [4.78, 5) is 0.303. The van der Waals surface area contributed by atoms with Crippen molar-refractivity contribution >= 4 is 15.7 Å². The molecular formula is C13H20N2O2S. The van der Waals surface area contributed by atoms with Crippen LogP contribution in [0.3, 0.4) is 0 Å². The van der Waals surface area contributed by atoms with Crippen LogP contribution in [0.5, 0.6) is 0 Å². The molecule has 0 unspecified atom stereocenters. The molecule has 1 rings (SSSR count). The lowest BCUT2D eigenvalue weighted by atomic mass is 10.3. The van der Waals surface area contributed by atoms with Crippen LogP contribution < -0.4 is 5.32 Å². The molecule has 1 N–H and O–H groups in total. The van der Waals surface area contributed by atoms with Crippen LogP contribution in [0.2, 0.25) is 0 Å². The lowest BCUT2D eigenvalue weighted by Gasteiger charge is -2.24. The van der Waals surface area contributed by atoms with Crippen LogP contribution in [0.1, 0.15) is 13.8 Å².